The standard InChI is InChI=1S/C19H13FN2S/c20-17-9-5-4-8-16(17)13-23-19-15(12-21)10-11-18(22-19)14-6-2-1-3-7-14/h1-11H,13H2. The van der Waals surface area contributed by atoms with Crippen LogP contribution in [0.5, 0.6) is 0 Å². The zero-order valence-electron chi connectivity index (χ0n) is 12.2. The molecule has 0 spiro atoms. The molecule has 1 heterocycles. The molecule has 0 fully saturated rings. The molecule has 0 aliphatic carbocycles. The molecule has 0 amide bonds. The number of hydrogen-bond donors (Lipinski definition) is 0. The normalized spacial score (nSPS) is 10.3. The Balaban J connectivity index is 1.89. The summed E-state index contributed by atoms with van der Waals surface area (Å²) < 4.78 is 13.7. The first-order chi connectivity index (χ1) is 11.3. The molecule has 0 saturated carbocycles. The Hall–Kier alpha value is -2.64. The zero-order chi connectivity index (χ0) is 16.1. The SMILES string of the molecule is N#Cc1ccc(-c2ccccc2)nc1SCc1ccccc1F. The lowest BCUT2D eigenvalue weighted by atomic mass is 10.1. The van der Waals surface area contributed by atoms with Crippen LogP contribution in [-0.4, -0.2) is 4.98 Å². The monoisotopic (exact) mass is 320 g/mol. The fourth-order valence-corrected chi connectivity index (χ4v) is 3.13. The number of hydrogen-bond acceptors (Lipinski definition) is 3. The summed E-state index contributed by atoms with van der Waals surface area (Å²) >= 11 is 1.37. The molecule has 0 saturated heterocycles. The molecule has 0 unspecified atom stereocenters. The highest BCUT2D eigenvalue weighted by Crippen LogP contribution is 2.28. The molecule has 0 aliphatic rings. The van der Waals surface area contributed by atoms with Gasteiger partial charge in [0.05, 0.1) is 11.3 Å². The van der Waals surface area contributed by atoms with Crippen LogP contribution < -0.4 is 0 Å². The molecule has 23 heavy (non-hydrogen) atoms. The highest BCUT2D eigenvalue weighted by Gasteiger charge is 2.09. The van der Waals surface area contributed by atoms with E-state index >= 15 is 0 Å². The van der Waals surface area contributed by atoms with E-state index in [1.54, 1.807) is 24.3 Å². The maximum atomic E-state index is 13.7. The average molecular weight is 320 g/mol. The van der Waals surface area contributed by atoms with Crippen molar-refractivity contribution in [3.8, 4) is 17.3 Å². The van der Waals surface area contributed by atoms with Gasteiger partial charge in [-0.3, -0.25) is 0 Å². The second-order valence-corrected chi connectivity index (χ2v) is 5.87. The van der Waals surface area contributed by atoms with Crippen molar-refractivity contribution in [3.63, 3.8) is 0 Å². The van der Waals surface area contributed by atoms with Gasteiger partial charge < -0.3 is 0 Å². The third-order valence-electron chi connectivity index (χ3n) is 3.37. The van der Waals surface area contributed by atoms with Crippen LogP contribution in [0.1, 0.15) is 11.1 Å². The number of benzene rings is 2. The van der Waals surface area contributed by atoms with Gasteiger partial charge in [-0.25, -0.2) is 9.37 Å². The number of thioether (sulfide) groups is 1. The minimum absolute atomic E-state index is 0.238. The van der Waals surface area contributed by atoms with Gasteiger partial charge in [0.25, 0.3) is 0 Å². The van der Waals surface area contributed by atoms with E-state index in [9.17, 15) is 9.65 Å². The minimum Gasteiger partial charge on any atom is -0.240 e. The van der Waals surface area contributed by atoms with E-state index in [1.807, 2.05) is 36.4 Å². The van der Waals surface area contributed by atoms with E-state index in [1.165, 1.54) is 17.8 Å². The van der Waals surface area contributed by atoms with Gasteiger partial charge >= 0.3 is 0 Å². The summed E-state index contributed by atoms with van der Waals surface area (Å²) in [5.74, 6) is 0.199. The highest BCUT2D eigenvalue weighted by molar-refractivity contribution is 7.98. The molecule has 3 rings (SSSR count). The lowest BCUT2D eigenvalue weighted by molar-refractivity contribution is 0.617. The average Bonchev–Trinajstić information content (AvgIpc) is 2.61. The molecule has 112 valence electrons. The van der Waals surface area contributed by atoms with Crippen molar-refractivity contribution < 1.29 is 4.39 Å². The summed E-state index contributed by atoms with van der Waals surface area (Å²) in [6.07, 6.45) is 0. The molecule has 4 heteroatoms. The molecular formula is C19H13FN2S. The highest BCUT2D eigenvalue weighted by atomic mass is 32.2. The van der Waals surface area contributed by atoms with Crippen molar-refractivity contribution in [2.45, 2.75) is 10.8 Å². The predicted molar refractivity (Wildman–Crippen MR) is 90.3 cm³/mol. The number of nitriles is 1. The fourth-order valence-electron chi connectivity index (χ4n) is 2.17. The van der Waals surface area contributed by atoms with E-state index in [0.717, 1.165) is 11.3 Å². The molecule has 0 atom stereocenters. The zero-order valence-corrected chi connectivity index (χ0v) is 13.1. The first kappa shape index (κ1) is 15.3. The van der Waals surface area contributed by atoms with Crippen LogP contribution in [-0.2, 0) is 5.75 Å². The van der Waals surface area contributed by atoms with Crippen molar-refractivity contribution in [1.82, 2.24) is 4.98 Å². The lowest BCUT2D eigenvalue weighted by Gasteiger charge is -2.07. The molecule has 2 aromatic carbocycles. The van der Waals surface area contributed by atoms with Crippen LogP contribution in [0.2, 0.25) is 0 Å². The summed E-state index contributed by atoms with van der Waals surface area (Å²) in [6, 6.07) is 22.2. The Labute approximate surface area is 138 Å². The van der Waals surface area contributed by atoms with Crippen LogP contribution >= 0.6 is 11.8 Å². The molecule has 0 aliphatic heterocycles. The number of halogens is 1. The second-order valence-electron chi connectivity index (χ2n) is 4.91. The summed E-state index contributed by atoms with van der Waals surface area (Å²) in [6.45, 7) is 0. The van der Waals surface area contributed by atoms with Crippen LogP contribution in [0.4, 0.5) is 4.39 Å². The Morgan fingerprint density at radius 2 is 1.70 bits per heavy atom. The smallest absolute Gasteiger partial charge is 0.127 e. The second kappa shape index (κ2) is 7.08. The van der Waals surface area contributed by atoms with Gasteiger partial charge in [0.15, 0.2) is 0 Å². The third-order valence-corrected chi connectivity index (χ3v) is 4.41. The summed E-state index contributed by atoms with van der Waals surface area (Å²) in [5.41, 5.74) is 2.91. The van der Waals surface area contributed by atoms with Gasteiger partial charge in [-0.05, 0) is 23.8 Å². The van der Waals surface area contributed by atoms with Crippen LogP contribution in [0.25, 0.3) is 11.3 Å². The Morgan fingerprint density at radius 3 is 2.43 bits per heavy atom. The van der Waals surface area contributed by atoms with Gasteiger partial charge in [0, 0.05) is 11.3 Å². The molecule has 2 nitrogen and oxygen atoms in total. The van der Waals surface area contributed by atoms with Crippen molar-refractivity contribution in [1.29, 1.82) is 5.26 Å². The number of nitrogens with zero attached hydrogens (tertiary/aromatic N) is 2. The Morgan fingerprint density at radius 1 is 0.957 bits per heavy atom. The van der Waals surface area contributed by atoms with Crippen molar-refractivity contribution in [3.05, 3.63) is 83.7 Å². The van der Waals surface area contributed by atoms with Gasteiger partial charge in [0.1, 0.15) is 16.9 Å². The number of rotatable bonds is 4. The summed E-state index contributed by atoms with van der Waals surface area (Å²) in [4.78, 5) is 4.58. The largest absolute Gasteiger partial charge is 0.240 e. The molecule has 0 radical (unpaired) electrons. The van der Waals surface area contributed by atoms with Crippen molar-refractivity contribution in [2.24, 2.45) is 0 Å². The maximum Gasteiger partial charge on any atom is 0.127 e. The summed E-state index contributed by atoms with van der Waals surface area (Å²) in [5, 5.41) is 9.88. The molecule has 0 bridgehead atoms. The van der Waals surface area contributed by atoms with Gasteiger partial charge in [-0.15, -0.1) is 11.8 Å². The lowest BCUT2D eigenvalue weighted by Crippen LogP contribution is -1.93. The Kier molecular flexibility index (Phi) is 4.70. The molecule has 0 N–H and O–H groups in total. The van der Waals surface area contributed by atoms with Crippen molar-refractivity contribution >= 4 is 11.8 Å². The van der Waals surface area contributed by atoms with E-state index in [-0.39, 0.29) is 5.82 Å². The topological polar surface area (TPSA) is 36.7 Å². The van der Waals surface area contributed by atoms with Crippen LogP contribution in [0.15, 0.2) is 71.8 Å². The van der Waals surface area contributed by atoms with Crippen LogP contribution in [0.3, 0.4) is 0 Å². The van der Waals surface area contributed by atoms with Crippen molar-refractivity contribution in [2.75, 3.05) is 0 Å². The predicted octanol–water partition coefficient (Wildman–Crippen LogP) is 5.05. The first-order valence-corrected chi connectivity index (χ1v) is 8.09. The van der Waals surface area contributed by atoms with E-state index < -0.39 is 0 Å². The van der Waals surface area contributed by atoms with E-state index in [0.29, 0.717) is 21.9 Å². The third kappa shape index (κ3) is 3.58. The van der Waals surface area contributed by atoms with Gasteiger partial charge in [0.2, 0.25) is 0 Å². The Bertz CT molecular complexity index is 857. The summed E-state index contributed by atoms with van der Waals surface area (Å²) in [7, 11) is 0. The molecular weight excluding hydrogens is 307 g/mol. The van der Waals surface area contributed by atoms with Gasteiger partial charge in [-0.2, -0.15) is 5.26 Å². The number of pyridine rings is 1. The van der Waals surface area contributed by atoms with E-state index in [4.69, 9.17) is 0 Å². The minimum atomic E-state index is -0.238. The van der Waals surface area contributed by atoms with Gasteiger partial charge in [-0.1, -0.05) is 48.5 Å². The quantitative estimate of drug-likeness (QED) is 0.631. The fraction of sp³-hybridized carbons (Fsp3) is 0.0526. The number of aromatic nitrogens is 1. The maximum absolute atomic E-state index is 13.7. The molecule has 3 aromatic rings. The van der Waals surface area contributed by atoms with Crippen LogP contribution in [0, 0.1) is 17.1 Å². The van der Waals surface area contributed by atoms with E-state index in [2.05, 4.69) is 11.1 Å². The molecule has 1 aromatic heterocycles. The first-order valence-electron chi connectivity index (χ1n) is 7.10.